The number of aliphatic carboxylic acids is 1. The molecule has 1 aliphatic rings. The second-order valence-corrected chi connectivity index (χ2v) is 6.72. The lowest BCUT2D eigenvalue weighted by molar-refractivity contribution is -0.137. The molecule has 5 heteroatoms. The number of benzene rings is 1. The van der Waals surface area contributed by atoms with Crippen LogP contribution in [0.15, 0.2) is 35.7 Å². The summed E-state index contributed by atoms with van der Waals surface area (Å²) in [6.45, 7) is 6.64. The summed E-state index contributed by atoms with van der Waals surface area (Å²) in [6.07, 6.45) is 1.00. The fourth-order valence-electron chi connectivity index (χ4n) is 3.44. The predicted molar refractivity (Wildman–Crippen MR) is 90.9 cm³/mol. The van der Waals surface area contributed by atoms with Gasteiger partial charge in [0, 0.05) is 6.04 Å². The van der Waals surface area contributed by atoms with Gasteiger partial charge in [0.25, 0.3) is 0 Å². The van der Waals surface area contributed by atoms with E-state index >= 15 is 4.39 Å². The molecule has 0 aliphatic heterocycles. The Hall–Kier alpha value is -2.01. The number of aryl methyl sites for hydroxylation is 2. The maximum Gasteiger partial charge on any atom is 0.304 e. The van der Waals surface area contributed by atoms with E-state index in [0.29, 0.717) is 11.1 Å². The largest absolute Gasteiger partial charge is 0.481 e. The summed E-state index contributed by atoms with van der Waals surface area (Å²) in [4.78, 5) is 10.9. The molecule has 0 aromatic heterocycles. The zero-order valence-electron chi connectivity index (χ0n) is 14.4. The van der Waals surface area contributed by atoms with Crippen molar-refractivity contribution in [2.45, 2.75) is 45.8 Å². The van der Waals surface area contributed by atoms with E-state index in [-0.39, 0.29) is 5.57 Å². The Morgan fingerprint density at radius 2 is 2.00 bits per heavy atom. The zero-order valence-corrected chi connectivity index (χ0v) is 14.4. The van der Waals surface area contributed by atoms with E-state index in [4.69, 9.17) is 10.8 Å². The Morgan fingerprint density at radius 3 is 2.54 bits per heavy atom. The van der Waals surface area contributed by atoms with Crippen LogP contribution >= 0.6 is 0 Å². The third-order valence-electron chi connectivity index (χ3n) is 4.63. The highest BCUT2D eigenvalue weighted by Gasteiger charge is 2.48. The summed E-state index contributed by atoms with van der Waals surface area (Å²) in [5.74, 6) is -3.18. The third-order valence-corrected chi connectivity index (χ3v) is 4.63. The molecule has 1 aromatic carbocycles. The third kappa shape index (κ3) is 3.26. The summed E-state index contributed by atoms with van der Waals surface area (Å²) in [5.41, 5.74) is 6.99. The molecular formula is C19H23F2NO2. The van der Waals surface area contributed by atoms with E-state index in [0.717, 1.165) is 11.1 Å². The molecule has 0 amide bonds. The van der Waals surface area contributed by atoms with Crippen LogP contribution in [0.4, 0.5) is 8.78 Å². The lowest BCUT2D eigenvalue weighted by atomic mass is 9.71. The molecule has 0 saturated carbocycles. The SMILES string of the molecule is CC1=C(F)C(C(N)CC(=O)O)C(C)(F)C(c2ccc(C)cc2C)=C1. The standard InChI is InChI=1S/C19H23F2NO2/c1-10-5-6-13(11(2)7-10)14-8-12(3)18(20)17(19(14,4)21)15(22)9-16(23)24/h5-8,15,17H,9,22H2,1-4H3,(H,23,24). The van der Waals surface area contributed by atoms with Gasteiger partial charge in [-0.1, -0.05) is 23.8 Å². The smallest absolute Gasteiger partial charge is 0.304 e. The summed E-state index contributed by atoms with van der Waals surface area (Å²) < 4.78 is 30.3. The summed E-state index contributed by atoms with van der Waals surface area (Å²) >= 11 is 0. The van der Waals surface area contributed by atoms with Crippen molar-refractivity contribution in [1.82, 2.24) is 0 Å². The first-order chi connectivity index (χ1) is 11.1. The van der Waals surface area contributed by atoms with E-state index in [9.17, 15) is 9.18 Å². The quantitative estimate of drug-likeness (QED) is 0.871. The van der Waals surface area contributed by atoms with Crippen LogP contribution in [0.1, 0.15) is 37.0 Å². The molecule has 0 spiro atoms. The van der Waals surface area contributed by atoms with Crippen molar-refractivity contribution >= 4 is 11.5 Å². The molecule has 130 valence electrons. The van der Waals surface area contributed by atoms with Crippen molar-refractivity contribution < 1.29 is 18.7 Å². The summed E-state index contributed by atoms with van der Waals surface area (Å²) in [6, 6.07) is 4.46. The molecule has 0 saturated heterocycles. The average Bonchev–Trinajstić information content (AvgIpc) is 2.42. The van der Waals surface area contributed by atoms with Gasteiger partial charge in [-0.15, -0.1) is 0 Å². The highest BCUT2D eigenvalue weighted by Crippen LogP contribution is 2.48. The van der Waals surface area contributed by atoms with Gasteiger partial charge >= 0.3 is 5.97 Å². The molecular weight excluding hydrogens is 312 g/mol. The first kappa shape index (κ1) is 18.3. The average molecular weight is 335 g/mol. The normalized spacial score (nSPS) is 25.5. The maximum atomic E-state index is 15.7. The minimum atomic E-state index is -2.10. The van der Waals surface area contributed by atoms with E-state index in [2.05, 4.69) is 0 Å². The van der Waals surface area contributed by atoms with Gasteiger partial charge < -0.3 is 10.8 Å². The molecule has 0 radical (unpaired) electrons. The minimum Gasteiger partial charge on any atom is -0.481 e. The highest BCUT2D eigenvalue weighted by molar-refractivity contribution is 5.79. The second-order valence-electron chi connectivity index (χ2n) is 6.72. The van der Waals surface area contributed by atoms with Crippen LogP contribution in [0.5, 0.6) is 0 Å². The summed E-state index contributed by atoms with van der Waals surface area (Å²) in [5, 5.41) is 8.94. The van der Waals surface area contributed by atoms with Gasteiger partial charge in [0.1, 0.15) is 11.5 Å². The molecule has 1 aromatic rings. The number of carboxylic acid groups (broad SMARTS) is 1. The summed E-state index contributed by atoms with van der Waals surface area (Å²) in [7, 11) is 0. The maximum absolute atomic E-state index is 15.7. The Kier molecular flexibility index (Phi) is 4.95. The number of nitrogens with two attached hydrogens (primary N) is 1. The van der Waals surface area contributed by atoms with Gasteiger partial charge in [-0.25, -0.2) is 8.78 Å². The molecule has 3 nitrogen and oxygen atoms in total. The molecule has 1 aliphatic carbocycles. The number of hydrogen-bond donors (Lipinski definition) is 2. The van der Waals surface area contributed by atoms with Gasteiger partial charge in [-0.05, 0) is 56.0 Å². The number of hydrogen-bond acceptors (Lipinski definition) is 2. The lowest BCUT2D eigenvalue weighted by Crippen LogP contribution is -2.47. The molecule has 0 bridgehead atoms. The number of alkyl halides is 1. The van der Waals surface area contributed by atoms with E-state index in [1.165, 1.54) is 13.0 Å². The molecule has 3 N–H and O–H groups in total. The molecule has 3 unspecified atom stereocenters. The number of allylic oxidation sites excluding steroid dienone is 3. The number of carboxylic acids is 1. The van der Waals surface area contributed by atoms with Gasteiger partial charge in [-0.3, -0.25) is 4.79 Å². The topological polar surface area (TPSA) is 63.3 Å². The molecule has 3 atom stereocenters. The van der Waals surface area contributed by atoms with Crippen LogP contribution in [0.25, 0.3) is 5.57 Å². The number of halogens is 2. The molecule has 2 rings (SSSR count). The van der Waals surface area contributed by atoms with Crippen molar-refractivity contribution in [3.8, 4) is 0 Å². The van der Waals surface area contributed by atoms with Crippen LogP contribution in [0.2, 0.25) is 0 Å². The van der Waals surface area contributed by atoms with E-state index < -0.39 is 35.8 Å². The van der Waals surface area contributed by atoms with Crippen LogP contribution in [-0.4, -0.2) is 22.8 Å². The van der Waals surface area contributed by atoms with E-state index in [1.54, 1.807) is 6.92 Å². The van der Waals surface area contributed by atoms with Crippen molar-refractivity contribution in [1.29, 1.82) is 0 Å². The Morgan fingerprint density at radius 1 is 1.38 bits per heavy atom. The Balaban J connectivity index is 2.57. The van der Waals surface area contributed by atoms with Gasteiger partial charge in [0.2, 0.25) is 0 Å². The van der Waals surface area contributed by atoms with Crippen molar-refractivity contribution in [2.75, 3.05) is 0 Å². The Labute approximate surface area is 140 Å². The van der Waals surface area contributed by atoms with Crippen LogP contribution < -0.4 is 5.73 Å². The monoisotopic (exact) mass is 335 g/mol. The molecule has 0 fully saturated rings. The van der Waals surface area contributed by atoms with Gasteiger partial charge in [0.05, 0.1) is 12.3 Å². The molecule has 0 heterocycles. The van der Waals surface area contributed by atoms with E-state index in [1.807, 2.05) is 32.0 Å². The Bertz CT molecular complexity index is 735. The van der Waals surface area contributed by atoms with Crippen molar-refractivity contribution in [2.24, 2.45) is 11.7 Å². The number of carbonyl (C=O) groups is 1. The van der Waals surface area contributed by atoms with Crippen LogP contribution in [0, 0.1) is 19.8 Å². The lowest BCUT2D eigenvalue weighted by Gasteiger charge is -2.39. The second kappa shape index (κ2) is 6.48. The highest BCUT2D eigenvalue weighted by atomic mass is 19.2. The first-order valence-electron chi connectivity index (χ1n) is 7.88. The fourth-order valence-corrected chi connectivity index (χ4v) is 3.44. The van der Waals surface area contributed by atoms with Crippen LogP contribution in [-0.2, 0) is 4.79 Å². The first-order valence-corrected chi connectivity index (χ1v) is 7.88. The van der Waals surface area contributed by atoms with Gasteiger partial charge in [0.15, 0.2) is 0 Å². The van der Waals surface area contributed by atoms with Crippen LogP contribution in [0.3, 0.4) is 0 Å². The zero-order chi connectivity index (χ0) is 18.2. The fraction of sp³-hybridized carbons (Fsp3) is 0.421. The number of rotatable bonds is 4. The molecule has 24 heavy (non-hydrogen) atoms. The van der Waals surface area contributed by atoms with Crippen molar-refractivity contribution in [3.63, 3.8) is 0 Å². The van der Waals surface area contributed by atoms with Crippen molar-refractivity contribution in [3.05, 3.63) is 52.4 Å². The van der Waals surface area contributed by atoms with Gasteiger partial charge in [-0.2, -0.15) is 0 Å². The predicted octanol–water partition coefficient (Wildman–Crippen LogP) is 4.09. The minimum absolute atomic E-state index is 0.283.